The van der Waals surface area contributed by atoms with Crippen LogP contribution in [0.3, 0.4) is 0 Å². The van der Waals surface area contributed by atoms with Gasteiger partial charge in [-0.25, -0.2) is 0 Å². The Morgan fingerprint density at radius 3 is 2.81 bits per heavy atom. The first kappa shape index (κ1) is 11.9. The summed E-state index contributed by atoms with van der Waals surface area (Å²) in [5, 5.41) is 4.32. The zero-order chi connectivity index (χ0) is 11.4. The van der Waals surface area contributed by atoms with Gasteiger partial charge >= 0.3 is 0 Å². The first-order valence-corrected chi connectivity index (χ1v) is 6.32. The van der Waals surface area contributed by atoms with Crippen molar-refractivity contribution in [2.45, 2.75) is 25.9 Å². The topological polar surface area (TPSA) is 15.3 Å². The van der Waals surface area contributed by atoms with Gasteiger partial charge in [0.15, 0.2) is 0 Å². The van der Waals surface area contributed by atoms with Crippen LogP contribution >= 0.6 is 11.6 Å². The Labute approximate surface area is 103 Å². The third-order valence-electron chi connectivity index (χ3n) is 3.12. The van der Waals surface area contributed by atoms with Gasteiger partial charge in [-0.2, -0.15) is 0 Å². The molecule has 0 aliphatic carbocycles. The molecule has 1 aromatic carbocycles. The quantitative estimate of drug-likeness (QED) is 0.852. The molecule has 0 radical (unpaired) electrons. The second-order valence-corrected chi connectivity index (χ2v) is 4.98. The van der Waals surface area contributed by atoms with Crippen molar-refractivity contribution in [3.63, 3.8) is 0 Å². The van der Waals surface area contributed by atoms with E-state index in [1.807, 2.05) is 12.1 Å². The predicted molar refractivity (Wildman–Crippen MR) is 68.8 cm³/mol. The number of hydrogen-bond donors (Lipinski definition) is 1. The standard InChI is InChI=1S/C13H19ClN2/c1-11-6-8-16(9-7-15-11)10-12-2-4-13(14)5-3-12/h2-5,11,15H,6-10H2,1H3. The van der Waals surface area contributed by atoms with E-state index in [0.717, 1.165) is 24.7 Å². The third kappa shape index (κ3) is 3.48. The molecule has 1 aliphatic rings. The summed E-state index contributed by atoms with van der Waals surface area (Å²) in [6, 6.07) is 8.81. The summed E-state index contributed by atoms with van der Waals surface area (Å²) >= 11 is 5.88. The summed E-state index contributed by atoms with van der Waals surface area (Å²) in [6.07, 6.45) is 1.23. The highest BCUT2D eigenvalue weighted by Crippen LogP contribution is 2.12. The highest BCUT2D eigenvalue weighted by atomic mass is 35.5. The van der Waals surface area contributed by atoms with Crippen molar-refractivity contribution >= 4 is 11.6 Å². The van der Waals surface area contributed by atoms with Crippen LogP contribution in [0, 0.1) is 0 Å². The maximum absolute atomic E-state index is 5.88. The number of rotatable bonds is 2. The van der Waals surface area contributed by atoms with E-state index in [1.54, 1.807) is 0 Å². The van der Waals surface area contributed by atoms with Gasteiger partial charge in [0.05, 0.1) is 0 Å². The molecule has 1 aliphatic heterocycles. The summed E-state index contributed by atoms with van der Waals surface area (Å²) in [5.74, 6) is 0. The van der Waals surface area contributed by atoms with Gasteiger partial charge in [0.25, 0.3) is 0 Å². The van der Waals surface area contributed by atoms with Crippen LogP contribution in [0.5, 0.6) is 0 Å². The summed E-state index contributed by atoms with van der Waals surface area (Å²) in [6.45, 7) is 6.69. The van der Waals surface area contributed by atoms with Gasteiger partial charge in [-0.3, -0.25) is 4.90 Å². The third-order valence-corrected chi connectivity index (χ3v) is 3.37. The zero-order valence-corrected chi connectivity index (χ0v) is 10.5. The van der Waals surface area contributed by atoms with E-state index in [0.29, 0.717) is 6.04 Å². The van der Waals surface area contributed by atoms with Crippen molar-refractivity contribution < 1.29 is 0 Å². The van der Waals surface area contributed by atoms with Crippen molar-refractivity contribution in [1.82, 2.24) is 10.2 Å². The van der Waals surface area contributed by atoms with Crippen LogP contribution in [0.2, 0.25) is 5.02 Å². The maximum atomic E-state index is 5.88. The van der Waals surface area contributed by atoms with Crippen molar-refractivity contribution in [2.24, 2.45) is 0 Å². The minimum atomic E-state index is 0.648. The molecule has 0 saturated carbocycles. The van der Waals surface area contributed by atoms with Crippen LogP contribution in [0.25, 0.3) is 0 Å². The molecule has 0 bridgehead atoms. The molecule has 0 spiro atoms. The fraction of sp³-hybridized carbons (Fsp3) is 0.538. The Morgan fingerprint density at radius 1 is 1.31 bits per heavy atom. The van der Waals surface area contributed by atoms with Crippen molar-refractivity contribution in [2.75, 3.05) is 19.6 Å². The number of hydrogen-bond acceptors (Lipinski definition) is 2. The number of halogens is 1. The second kappa shape index (κ2) is 5.67. The van der Waals surface area contributed by atoms with E-state index in [-0.39, 0.29) is 0 Å². The minimum Gasteiger partial charge on any atom is -0.313 e. The Hall–Kier alpha value is -0.570. The van der Waals surface area contributed by atoms with Gasteiger partial charge < -0.3 is 5.32 Å². The predicted octanol–water partition coefficient (Wildman–Crippen LogP) is 2.52. The molecule has 3 heteroatoms. The van der Waals surface area contributed by atoms with Crippen molar-refractivity contribution in [3.8, 4) is 0 Å². The van der Waals surface area contributed by atoms with Crippen molar-refractivity contribution in [3.05, 3.63) is 34.9 Å². The average molecular weight is 239 g/mol. The first-order chi connectivity index (χ1) is 7.74. The maximum Gasteiger partial charge on any atom is 0.0406 e. The number of nitrogens with one attached hydrogen (secondary N) is 1. The molecule has 1 fully saturated rings. The molecule has 88 valence electrons. The molecular formula is C13H19ClN2. The lowest BCUT2D eigenvalue weighted by molar-refractivity contribution is 0.282. The van der Waals surface area contributed by atoms with Gasteiger partial charge in [-0.05, 0) is 31.0 Å². The van der Waals surface area contributed by atoms with Gasteiger partial charge in [0.1, 0.15) is 0 Å². The largest absolute Gasteiger partial charge is 0.313 e. The second-order valence-electron chi connectivity index (χ2n) is 4.55. The molecule has 16 heavy (non-hydrogen) atoms. The van der Waals surface area contributed by atoms with Crippen LogP contribution in [-0.2, 0) is 6.54 Å². The Morgan fingerprint density at radius 2 is 2.06 bits per heavy atom. The highest BCUT2D eigenvalue weighted by Gasteiger charge is 2.12. The van der Waals surface area contributed by atoms with E-state index in [2.05, 4.69) is 29.3 Å². The molecule has 1 aromatic rings. The van der Waals surface area contributed by atoms with Crippen LogP contribution in [-0.4, -0.2) is 30.6 Å². The highest BCUT2D eigenvalue weighted by molar-refractivity contribution is 6.30. The molecular weight excluding hydrogens is 220 g/mol. The smallest absolute Gasteiger partial charge is 0.0406 e. The SMILES string of the molecule is CC1CCN(Cc2ccc(Cl)cc2)CCN1. The lowest BCUT2D eigenvalue weighted by Gasteiger charge is -2.19. The number of nitrogens with zero attached hydrogens (tertiary/aromatic N) is 1. The number of benzene rings is 1. The van der Waals surface area contributed by atoms with E-state index in [4.69, 9.17) is 11.6 Å². The average Bonchev–Trinajstić information content (AvgIpc) is 2.47. The molecule has 1 heterocycles. The molecule has 1 N–H and O–H groups in total. The minimum absolute atomic E-state index is 0.648. The van der Waals surface area contributed by atoms with Crippen LogP contribution in [0.1, 0.15) is 18.9 Å². The molecule has 0 aromatic heterocycles. The van der Waals surface area contributed by atoms with Gasteiger partial charge in [-0.1, -0.05) is 23.7 Å². The summed E-state index contributed by atoms with van der Waals surface area (Å²) in [5.41, 5.74) is 1.35. The summed E-state index contributed by atoms with van der Waals surface area (Å²) in [4.78, 5) is 2.50. The first-order valence-electron chi connectivity index (χ1n) is 5.94. The van der Waals surface area contributed by atoms with Crippen LogP contribution in [0.15, 0.2) is 24.3 Å². The molecule has 2 rings (SSSR count). The summed E-state index contributed by atoms with van der Waals surface area (Å²) in [7, 11) is 0. The lowest BCUT2D eigenvalue weighted by Crippen LogP contribution is -2.28. The van der Waals surface area contributed by atoms with E-state index in [9.17, 15) is 0 Å². The lowest BCUT2D eigenvalue weighted by atomic mass is 10.2. The summed E-state index contributed by atoms with van der Waals surface area (Å²) < 4.78 is 0. The van der Waals surface area contributed by atoms with E-state index >= 15 is 0 Å². The van der Waals surface area contributed by atoms with Gasteiger partial charge in [0.2, 0.25) is 0 Å². The Balaban J connectivity index is 1.91. The van der Waals surface area contributed by atoms with Gasteiger partial charge in [0, 0.05) is 37.2 Å². The van der Waals surface area contributed by atoms with Crippen molar-refractivity contribution in [1.29, 1.82) is 0 Å². The van der Waals surface area contributed by atoms with E-state index in [1.165, 1.54) is 18.5 Å². The fourth-order valence-corrected chi connectivity index (χ4v) is 2.19. The van der Waals surface area contributed by atoms with Crippen LogP contribution in [0.4, 0.5) is 0 Å². The Kier molecular flexibility index (Phi) is 4.22. The molecule has 1 unspecified atom stereocenters. The molecule has 2 nitrogen and oxygen atoms in total. The molecule has 1 atom stereocenters. The zero-order valence-electron chi connectivity index (χ0n) is 9.75. The van der Waals surface area contributed by atoms with E-state index < -0.39 is 0 Å². The molecule has 0 amide bonds. The monoisotopic (exact) mass is 238 g/mol. The normalized spacial score (nSPS) is 23.0. The molecule has 1 saturated heterocycles. The Bertz CT molecular complexity index is 323. The van der Waals surface area contributed by atoms with Crippen LogP contribution < -0.4 is 5.32 Å². The van der Waals surface area contributed by atoms with Gasteiger partial charge in [-0.15, -0.1) is 0 Å². The fourth-order valence-electron chi connectivity index (χ4n) is 2.07.